The zero-order valence-electron chi connectivity index (χ0n) is 11.2. The third-order valence-corrected chi connectivity index (χ3v) is 3.67. The van der Waals surface area contributed by atoms with E-state index in [1.807, 2.05) is 0 Å². The first-order chi connectivity index (χ1) is 8.09. The summed E-state index contributed by atoms with van der Waals surface area (Å²) in [6.45, 7) is 7.06. The fourth-order valence-corrected chi connectivity index (χ4v) is 2.73. The van der Waals surface area contributed by atoms with E-state index in [0.29, 0.717) is 11.3 Å². The average molecular weight is 226 g/mol. The molecule has 0 heterocycles. The summed E-state index contributed by atoms with van der Waals surface area (Å²) >= 11 is 0. The predicted octanol–water partition coefficient (Wildman–Crippen LogP) is 4.55. The summed E-state index contributed by atoms with van der Waals surface area (Å²) in [7, 11) is 0. The van der Waals surface area contributed by atoms with Crippen molar-refractivity contribution in [3.05, 3.63) is 35.4 Å². The highest BCUT2D eigenvalue weighted by molar-refractivity contribution is 5.35. The Labute approximate surface area is 105 Å². The Kier molecular flexibility index (Phi) is 3.57. The van der Waals surface area contributed by atoms with Crippen molar-refractivity contribution in [2.24, 2.45) is 5.41 Å². The van der Waals surface area contributed by atoms with Crippen LogP contribution in [0.3, 0.4) is 0 Å². The maximum atomic E-state index is 3.31. The standard InChI is InChI=1S/C17H22/c1-17(2,3)16-13-7-5-4-6-10-14-11-8-9-12-15(14)16/h8-9,11-12,16H,5,7,10,13H2,1-3H3. The van der Waals surface area contributed by atoms with Crippen LogP contribution >= 0.6 is 0 Å². The van der Waals surface area contributed by atoms with E-state index in [2.05, 4.69) is 56.9 Å². The number of rotatable bonds is 0. The van der Waals surface area contributed by atoms with E-state index in [0.717, 1.165) is 12.8 Å². The summed E-state index contributed by atoms with van der Waals surface area (Å²) in [6, 6.07) is 8.85. The molecule has 2 rings (SSSR count). The highest BCUT2D eigenvalue weighted by Crippen LogP contribution is 2.40. The molecule has 1 aliphatic rings. The van der Waals surface area contributed by atoms with Crippen LogP contribution in [0.5, 0.6) is 0 Å². The topological polar surface area (TPSA) is 0 Å². The Morgan fingerprint density at radius 2 is 1.88 bits per heavy atom. The van der Waals surface area contributed by atoms with Crippen molar-refractivity contribution in [3.8, 4) is 11.8 Å². The van der Waals surface area contributed by atoms with Gasteiger partial charge in [0.25, 0.3) is 0 Å². The molecule has 1 unspecified atom stereocenters. The highest BCUT2D eigenvalue weighted by Gasteiger charge is 2.27. The molecule has 0 bridgehead atoms. The van der Waals surface area contributed by atoms with E-state index in [1.54, 1.807) is 0 Å². The Balaban J connectivity index is 2.43. The number of hydrogen-bond acceptors (Lipinski definition) is 0. The molecule has 0 amide bonds. The van der Waals surface area contributed by atoms with Crippen molar-refractivity contribution in [2.45, 2.75) is 52.4 Å². The van der Waals surface area contributed by atoms with Gasteiger partial charge < -0.3 is 0 Å². The molecule has 17 heavy (non-hydrogen) atoms. The smallest absolute Gasteiger partial charge is 0.0343 e. The van der Waals surface area contributed by atoms with E-state index in [4.69, 9.17) is 0 Å². The minimum Gasteiger partial charge on any atom is -0.103 e. The minimum atomic E-state index is 0.334. The van der Waals surface area contributed by atoms with Crippen molar-refractivity contribution in [3.63, 3.8) is 0 Å². The molecule has 0 heteroatoms. The summed E-state index contributed by atoms with van der Waals surface area (Å²) in [5.74, 6) is 7.25. The van der Waals surface area contributed by atoms with Gasteiger partial charge in [-0.2, -0.15) is 0 Å². The predicted molar refractivity (Wildman–Crippen MR) is 74.0 cm³/mol. The largest absolute Gasteiger partial charge is 0.103 e. The molecule has 0 nitrogen and oxygen atoms in total. The summed E-state index contributed by atoms with van der Waals surface area (Å²) in [4.78, 5) is 0. The molecule has 1 atom stereocenters. The van der Waals surface area contributed by atoms with E-state index in [9.17, 15) is 0 Å². The lowest BCUT2D eigenvalue weighted by Gasteiger charge is -2.32. The molecule has 1 aliphatic carbocycles. The van der Waals surface area contributed by atoms with Gasteiger partial charge in [-0.25, -0.2) is 0 Å². The maximum absolute atomic E-state index is 3.31. The minimum absolute atomic E-state index is 0.334. The van der Waals surface area contributed by atoms with Crippen LogP contribution in [0.4, 0.5) is 0 Å². The van der Waals surface area contributed by atoms with Gasteiger partial charge in [0.2, 0.25) is 0 Å². The summed E-state index contributed by atoms with van der Waals surface area (Å²) in [5, 5.41) is 0. The van der Waals surface area contributed by atoms with Gasteiger partial charge in [0.15, 0.2) is 0 Å². The third kappa shape index (κ3) is 2.91. The van der Waals surface area contributed by atoms with Crippen LogP contribution in [-0.2, 0) is 6.42 Å². The fourth-order valence-electron chi connectivity index (χ4n) is 2.73. The van der Waals surface area contributed by atoms with Crippen molar-refractivity contribution in [1.82, 2.24) is 0 Å². The molecule has 1 aromatic rings. The van der Waals surface area contributed by atoms with E-state index < -0.39 is 0 Å². The van der Waals surface area contributed by atoms with Crippen LogP contribution < -0.4 is 0 Å². The van der Waals surface area contributed by atoms with Gasteiger partial charge in [-0.05, 0) is 35.3 Å². The van der Waals surface area contributed by atoms with Crippen molar-refractivity contribution >= 4 is 0 Å². The van der Waals surface area contributed by atoms with Crippen LogP contribution in [0.25, 0.3) is 0 Å². The Morgan fingerprint density at radius 1 is 1.12 bits per heavy atom. The van der Waals surface area contributed by atoms with E-state index >= 15 is 0 Å². The molecule has 0 fully saturated rings. The summed E-state index contributed by atoms with van der Waals surface area (Å²) in [6.07, 6.45) is 4.46. The van der Waals surface area contributed by atoms with Gasteiger partial charge in [0, 0.05) is 12.8 Å². The van der Waals surface area contributed by atoms with E-state index in [1.165, 1.54) is 24.0 Å². The van der Waals surface area contributed by atoms with Gasteiger partial charge in [-0.1, -0.05) is 51.0 Å². The van der Waals surface area contributed by atoms with Crippen LogP contribution in [0.2, 0.25) is 0 Å². The number of benzene rings is 1. The molecule has 0 aromatic heterocycles. The lowest BCUT2D eigenvalue weighted by atomic mass is 9.72. The molecular formula is C17H22. The van der Waals surface area contributed by atoms with Gasteiger partial charge >= 0.3 is 0 Å². The van der Waals surface area contributed by atoms with Gasteiger partial charge in [0.1, 0.15) is 0 Å². The Hall–Kier alpha value is -1.22. The summed E-state index contributed by atoms with van der Waals surface area (Å²) in [5.41, 5.74) is 3.29. The SMILES string of the molecule is CC(C)(C)C1CCCC#CCc2ccccc21. The molecule has 0 aliphatic heterocycles. The zero-order valence-corrected chi connectivity index (χ0v) is 11.2. The molecule has 0 radical (unpaired) electrons. The second kappa shape index (κ2) is 4.96. The Morgan fingerprint density at radius 3 is 2.65 bits per heavy atom. The van der Waals surface area contributed by atoms with Crippen LogP contribution in [-0.4, -0.2) is 0 Å². The number of hydrogen-bond donors (Lipinski definition) is 0. The first kappa shape index (κ1) is 12.2. The molecule has 0 N–H and O–H groups in total. The normalized spacial score (nSPS) is 20.3. The zero-order chi connectivity index (χ0) is 12.3. The van der Waals surface area contributed by atoms with Crippen LogP contribution in [0.1, 0.15) is 57.1 Å². The quantitative estimate of drug-likeness (QED) is 0.569. The molecule has 1 aromatic carbocycles. The Bertz CT molecular complexity index is 437. The van der Waals surface area contributed by atoms with Crippen LogP contribution in [0.15, 0.2) is 24.3 Å². The van der Waals surface area contributed by atoms with Crippen LogP contribution in [0, 0.1) is 17.3 Å². The third-order valence-electron chi connectivity index (χ3n) is 3.67. The van der Waals surface area contributed by atoms with Gasteiger partial charge in [0.05, 0.1) is 0 Å². The second-order valence-corrected chi connectivity index (χ2v) is 6.04. The molecule has 0 saturated heterocycles. The molecule has 0 spiro atoms. The molecule has 90 valence electrons. The first-order valence-corrected chi connectivity index (χ1v) is 6.62. The average Bonchev–Trinajstić information content (AvgIpc) is 2.37. The fraction of sp³-hybridized carbons (Fsp3) is 0.529. The van der Waals surface area contributed by atoms with Crippen molar-refractivity contribution in [1.29, 1.82) is 0 Å². The lowest BCUT2D eigenvalue weighted by molar-refractivity contribution is 0.300. The monoisotopic (exact) mass is 226 g/mol. The van der Waals surface area contributed by atoms with Gasteiger partial charge in [-0.15, -0.1) is 5.92 Å². The maximum Gasteiger partial charge on any atom is 0.0343 e. The first-order valence-electron chi connectivity index (χ1n) is 6.62. The van der Waals surface area contributed by atoms with Crippen molar-refractivity contribution in [2.75, 3.05) is 0 Å². The molecule has 0 saturated carbocycles. The second-order valence-electron chi connectivity index (χ2n) is 6.04. The summed E-state index contributed by atoms with van der Waals surface area (Å²) < 4.78 is 0. The van der Waals surface area contributed by atoms with Crippen molar-refractivity contribution < 1.29 is 0 Å². The highest BCUT2D eigenvalue weighted by atomic mass is 14.3. The molecular weight excluding hydrogens is 204 g/mol. The lowest BCUT2D eigenvalue weighted by Crippen LogP contribution is -2.19. The number of fused-ring (bicyclic) bond motifs is 1. The van der Waals surface area contributed by atoms with E-state index in [-0.39, 0.29) is 0 Å². The van der Waals surface area contributed by atoms with Gasteiger partial charge in [-0.3, -0.25) is 0 Å².